The van der Waals surface area contributed by atoms with Crippen LogP contribution in [0.2, 0.25) is 9.62 Å². The van der Waals surface area contributed by atoms with E-state index in [0.29, 0.717) is 22.6 Å². The topological polar surface area (TPSA) is 65.2 Å². The predicted octanol–water partition coefficient (Wildman–Crippen LogP) is 2.56. The Morgan fingerprint density at radius 3 is 2.80 bits per heavy atom. The maximum atomic E-state index is 10.4. The van der Waals surface area contributed by atoms with Gasteiger partial charge in [0.15, 0.2) is 4.47 Å². The summed E-state index contributed by atoms with van der Waals surface area (Å²) in [6, 6.07) is 9.56. The van der Waals surface area contributed by atoms with Crippen LogP contribution >= 0.6 is 34.5 Å². The van der Waals surface area contributed by atoms with Gasteiger partial charge in [-0.05, 0) is 12.1 Å². The summed E-state index contributed by atoms with van der Waals surface area (Å²) in [6.07, 6.45) is 3.33. The number of nitrogens with one attached hydrogen (secondary N) is 1. The van der Waals surface area contributed by atoms with Crippen molar-refractivity contribution in [3.05, 3.63) is 68.5 Å². The Morgan fingerprint density at radius 2 is 2.08 bits per heavy atom. The van der Waals surface area contributed by atoms with Gasteiger partial charge in [0, 0.05) is 35.3 Å². The van der Waals surface area contributed by atoms with Crippen LogP contribution in [0.15, 0.2) is 42.7 Å². The summed E-state index contributed by atoms with van der Waals surface area (Å²) in [5.74, 6) is 0.871. The summed E-state index contributed by atoms with van der Waals surface area (Å²) in [4.78, 5) is 11.1. The van der Waals surface area contributed by atoms with Crippen LogP contribution in [0.25, 0.3) is 0 Å². The molecule has 0 saturated carbocycles. The Hall–Kier alpha value is -1.93. The normalized spacial score (nSPS) is 16.0. The predicted molar refractivity (Wildman–Crippen MR) is 97.4 cm³/mol. The first-order valence-corrected chi connectivity index (χ1v) is 9.13. The second kappa shape index (κ2) is 6.76. The van der Waals surface area contributed by atoms with E-state index < -0.39 is 6.35 Å². The molecule has 0 spiro atoms. The molecule has 0 radical (unpaired) electrons. The number of hydrogen-bond donors (Lipinski definition) is 2. The van der Waals surface area contributed by atoms with Crippen LogP contribution in [-0.4, -0.2) is 21.4 Å². The van der Waals surface area contributed by atoms with Gasteiger partial charge in [-0.1, -0.05) is 35.3 Å². The van der Waals surface area contributed by atoms with Gasteiger partial charge in [-0.2, -0.15) is 5.43 Å². The van der Waals surface area contributed by atoms with Gasteiger partial charge < -0.3 is 5.11 Å². The van der Waals surface area contributed by atoms with E-state index in [0.717, 1.165) is 22.0 Å². The molecule has 128 valence electrons. The molecule has 1 unspecified atom stereocenters. The monoisotopic (exact) mass is 394 g/mol. The van der Waals surface area contributed by atoms with Crippen molar-refractivity contribution >= 4 is 40.4 Å². The Morgan fingerprint density at radius 1 is 1.20 bits per heavy atom. The van der Waals surface area contributed by atoms with Crippen molar-refractivity contribution in [3.8, 4) is 0 Å². The minimum atomic E-state index is -0.832. The zero-order chi connectivity index (χ0) is 17.4. The zero-order valence-corrected chi connectivity index (χ0v) is 15.3. The molecule has 2 N–H and O–H groups in total. The van der Waals surface area contributed by atoms with Crippen LogP contribution in [0, 0.1) is 0 Å². The Kier molecular flexibility index (Phi) is 4.47. The third kappa shape index (κ3) is 3.41. The molecular weight excluding hydrogens is 381 g/mol. The lowest BCUT2D eigenvalue weighted by atomic mass is 10.2. The van der Waals surface area contributed by atoms with Crippen LogP contribution in [0.5, 0.6) is 0 Å². The smallest absolute Gasteiger partial charge is 0.305 e. The summed E-state index contributed by atoms with van der Waals surface area (Å²) in [7, 11) is 0. The van der Waals surface area contributed by atoms with Crippen LogP contribution in [0.4, 0.5) is 5.82 Å². The van der Waals surface area contributed by atoms with Crippen LogP contribution in [-0.2, 0) is 13.0 Å². The summed E-state index contributed by atoms with van der Waals surface area (Å²) >= 11 is 13.2. The fourth-order valence-electron chi connectivity index (χ4n) is 2.77. The molecule has 3 aromatic rings. The van der Waals surface area contributed by atoms with Crippen molar-refractivity contribution in [2.45, 2.75) is 19.3 Å². The molecule has 3 aromatic heterocycles. The van der Waals surface area contributed by atoms with Crippen LogP contribution in [0.3, 0.4) is 0 Å². The first-order chi connectivity index (χ1) is 12.1. The number of rotatable bonds is 4. The number of pyridine rings is 2. The van der Waals surface area contributed by atoms with Crippen molar-refractivity contribution in [1.82, 2.24) is 9.97 Å². The summed E-state index contributed by atoms with van der Waals surface area (Å²) in [5, 5.41) is 10.9. The first-order valence-electron chi connectivity index (χ1n) is 7.56. The van der Waals surface area contributed by atoms with Gasteiger partial charge in [-0.3, -0.25) is 0 Å². The third-order valence-electron chi connectivity index (χ3n) is 3.91. The number of aromatic nitrogens is 3. The average Bonchev–Trinajstić information content (AvgIpc) is 3.14. The molecule has 0 saturated heterocycles. The lowest BCUT2D eigenvalue weighted by molar-refractivity contribution is -0.639. The number of aliphatic hydroxyl groups excluding tert-OH is 1. The van der Waals surface area contributed by atoms with Crippen molar-refractivity contribution in [3.63, 3.8) is 0 Å². The summed E-state index contributed by atoms with van der Waals surface area (Å²) in [6.45, 7) is 0.508. The molecule has 0 amide bonds. The van der Waals surface area contributed by atoms with Gasteiger partial charge in [0.25, 0.3) is 0 Å². The molecule has 1 aliphatic rings. The maximum absolute atomic E-state index is 10.4. The highest BCUT2D eigenvalue weighted by Crippen LogP contribution is 2.23. The molecule has 6 nitrogen and oxygen atoms in total. The Bertz CT molecular complexity index is 902. The van der Waals surface area contributed by atoms with Crippen molar-refractivity contribution in [1.29, 1.82) is 0 Å². The van der Waals surface area contributed by atoms with Crippen LogP contribution in [0.1, 0.15) is 16.1 Å². The highest BCUT2D eigenvalue weighted by Gasteiger charge is 2.37. The lowest BCUT2D eigenvalue weighted by Crippen LogP contribution is -2.47. The highest BCUT2D eigenvalue weighted by atomic mass is 35.5. The minimum absolute atomic E-state index is 0.448. The number of aliphatic hydroxyl groups is 1. The molecule has 1 aliphatic heterocycles. The van der Waals surface area contributed by atoms with E-state index in [2.05, 4.69) is 15.4 Å². The van der Waals surface area contributed by atoms with Gasteiger partial charge >= 0.3 is 12.2 Å². The van der Waals surface area contributed by atoms with E-state index in [1.165, 1.54) is 11.3 Å². The first kappa shape index (κ1) is 16.5. The van der Waals surface area contributed by atoms with Gasteiger partial charge in [0.2, 0.25) is 0 Å². The molecule has 0 bridgehead atoms. The molecule has 0 fully saturated rings. The Labute approximate surface area is 158 Å². The Balaban J connectivity index is 1.61. The third-order valence-corrected chi connectivity index (χ3v) is 5.24. The van der Waals surface area contributed by atoms with E-state index in [1.54, 1.807) is 18.5 Å². The molecule has 0 aliphatic carbocycles. The molecule has 25 heavy (non-hydrogen) atoms. The fourth-order valence-corrected chi connectivity index (χ4v) is 3.88. The zero-order valence-electron chi connectivity index (χ0n) is 12.9. The minimum Gasteiger partial charge on any atom is -0.336 e. The van der Waals surface area contributed by atoms with Gasteiger partial charge in [0.1, 0.15) is 17.4 Å². The maximum Gasteiger partial charge on any atom is 0.305 e. The molecule has 4 heterocycles. The van der Waals surface area contributed by atoms with E-state index in [4.69, 9.17) is 23.2 Å². The SMILES string of the molecule is OC1N[n+]2c(Cc3cnc(Cl)s3)cccc2N1Cc1ccc(Cl)nc1. The van der Waals surface area contributed by atoms with Crippen molar-refractivity contribution in [2.75, 3.05) is 10.3 Å². The number of nitrogens with zero attached hydrogens (tertiary/aromatic N) is 4. The van der Waals surface area contributed by atoms with E-state index in [9.17, 15) is 5.11 Å². The summed E-state index contributed by atoms with van der Waals surface area (Å²) < 4.78 is 2.42. The molecule has 4 rings (SSSR count). The highest BCUT2D eigenvalue weighted by molar-refractivity contribution is 7.15. The molecule has 1 atom stereocenters. The second-order valence-electron chi connectivity index (χ2n) is 5.59. The van der Waals surface area contributed by atoms with E-state index in [1.807, 2.05) is 33.8 Å². The van der Waals surface area contributed by atoms with Crippen molar-refractivity contribution in [2.24, 2.45) is 0 Å². The molecular formula is C16H14Cl2N5OS+. The van der Waals surface area contributed by atoms with Crippen molar-refractivity contribution < 1.29 is 9.78 Å². The van der Waals surface area contributed by atoms with Gasteiger partial charge in [-0.15, -0.1) is 16.0 Å². The average molecular weight is 395 g/mol. The number of fused-ring (bicyclic) bond motifs is 1. The standard InChI is InChI=1S/C16H14Cl2N5OS/c17-13-5-4-10(7-19-13)9-22-14-3-1-2-11(23(14)21-16(22)24)6-12-8-20-15(18)25-12/h1-5,7-8,16,21,24H,6,9H2/q+1. The van der Waals surface area contributed by atoms with Gasteiger partial charge in [0.05, 0.1) is 0 Å². The quantitative estimate of drug-likeness (QED) is 0.525. The van der Waals surface area contributed by atoms with Crippen LogP contribution < -0.4 is 15.0 Å². The van der Waals surface area contributed by atoms with Gasteiger partial charge in [-0.25, -0.2) is 14.9 Å². The summed E-state index contributed by atoms with van der Waals surface area (Å²) in [5.41, 5.74) is 5.04. The number of anilines is 1. The largest absolute Gasteiger partial charge is 0.336 e. The second-order valence-corrected chi connectivity index (χ2v) is 7.67. The fraction of sp³-hybridized carbons (Fsp3) is 0.188. The lowest BCUT2D eigenvalue weighted by Gasteiger charge is -2.12. The molecule has 0 aromatic carbocycles. The molecule has 9 heteroatoms. The van der Waals surface area contributed by atoms with E-state index >= 15 is 0 Å². The van der Waals surface area contributed by atoms with E-state index in [-0.39, 0.29) is 0 Å². The number of hydrogen-bond acceptors (Lipinski definition) is 6. The number of thiazole rings is 1. The number of halogens is 2.